The van der Waals surface area contributed by atoms with E-state index in [1.54, 1.807) is 6.08 Å². The molecule has 1 atom stereocenters. The normalized spacial score (nSPS) is 22.6. The van der Waals surface area contributed by atoms with Crippen LogP contribution in [0.3, 0.4) is 0 Å². The Morgan fingerprint density at radius 3 is 2.95 bits per heavy atom. The van der Waals surface area contributed by atoms with Gasteiger partial charge < -0.3 is 0 Å². The Bertz CT molecular complexity index is 475. The molecule has 1 aliphatic rings. The standard InChI is InChI=1S/C15H18ClNOS/c1-19-15-6-8-17(11-13(15)7-9-18)10-12-4-2-3-5-14(12)16/h2-5,7,9,15H,6,8,10-11H2,1H3/b13-7-. The molecular formula is C15H18ClNOS. The zero-order valence-corrected chi connectivity index (χ0v) is 12.6. The van der Waals surface area contributed by atoms with Crippen molar-refractivity contribution >= 4 is 29.6 Å². The van der Waals surface area contributed by atoms with Crippen molar-refractivity contribution in [3.63, 3.8) is 0 Å². The lowest BCUT2D eigenvalue weighted by atomic mass is 10.0. The van der Waals surface area contributed by atoms with Gasteiger partial charge in [0.1, 0.15) is 6.29 Å². The van der Waals surface area contributed by atoms with Crippen molar-refractivity contribution in [2.75, 3.05) is 19.3 Å². The molecule has 0 amide bonds. The molecule has 1 fully saturated rings. The van der Waals surface area contributed by atoms with Crippen LogP contribution in [0, 0.1) is 0 Å². The lowest BCUT2D eigenvalue weighted by molar-refractivity contribution is -0.104. The molecular weight excluding hydrogens is 278 g/mol. The van der Waals surface area contributed by atoms with E-state index < -0.39 is 0 Å². The lowest BCUT2D eigenvalue weighted by Crippen LogP contribution is -2.36. The largest absolute Gasteiger partial charge is 0.299 e. The molecule has 4 heteroatoms. The van der Waals surface area contributed by atoms with Crippen LogP contribution >= 0.6 is 23.4 Å². The minimum Gasteiger partial charge on any atom is -0.299 e. The molecule has 0 N–H and O–H groups in total. The highest BCUT2D eigenvalue weighted by Gasteiger charge is 2.23. The number of hydrogen-bond donors (Lipinski definition) is 0. The van der Waals surface area contributed by atoms with E-state index in [1.165, 1.54) is 5.57 Å². The maximum atomic E-state index is 10.7. The molecule has 1 aromatic carbocycles. The Morgan fingerprint density at radius 2 is 2.26 bits per heavy atom. The van der Waals surface area contributed by atoms with Crippen molar-refractivity contribution < 1.29 is 4.79 Å². The quantitative estimate of drug-likeness (QED) is 0.627. The van der Waals surface area contributed by atoms with Crippen LogP contribution in [0.2, 0.25) is 5.02 Å². The third kappa shape index (κ3) is 3.85. The number of aldehydes is 1. The predicted molar refractivity (Wildman–Crippen MR) is 82.8 cm³/mol. The first-order valence-corrected chi connectivity index (χ1v) is 8.04. The number of carbonyl (C=O) groups is 1. The summed E-state index contributed by atoms with van der Waals surface area (Å²) in [4.78, 5) is 13.1. The number of thioether (sulfide) groups is 1. The Balaban J connectivity index is 2.05. The summed E-state index contributed by atoms with van der Waals surface area (Å²) < 4.78 is 0. The number of halogens is 1. The molecule has 1 heterocycles. The molecule has 1 aliphatic heterocycles. The van der Waals surface area contributed by atoms with Crippen LogP contribution in [0.15, 0.2) is 35.9 Å². The lowest BCUT2D eigenvalue weighted by Gasteiger charge is -2.33. The van der Waals surface area contributed by atoms with Crippen LogP contribution in [0.1, 0.15) is 12.0 Å². The molecule has 0 aliphatic carbocycles. The van der Waals surface area contributed by atoms with Gasteiger partial charge in [-0.2, -0.15) is 11.8 Å². The molecule has 19 heavy (non-hydrogen) atoms. The van der Waals surface area contributed by atoms with Gasteiger partial charge in [-0.05, 0) is 36.0 Å². The van der Waals surface area contributed by atoms with E-state index in [0.29, 0.717) is 5.25 Å². The van der Waals surface area contributed by atoms with Crippen LogP contribution in [0.25, 0.3) is 0 Å². The van der Waals surface area contributed by atoms with Crippen LogP contribution in [-0.2, 0) is 11.3 Å². The molecule has 0 saturated carbocycles. The van der Waals surface area contributed by atoms with E-state index in [2.05, 4.69) is 17.2 Å². The highest BCUT2D eigenvalue weighted by atomic mass is 35.5. The first kappa shape index (κ1) is 14.6. The topological polar surface area (TPSA) is 20.3 Å². The zero-order valence-electron chi connectivity index (χ0n) is 11.0. The summed E-state index contributed by atoms with van der Waals surface area (Å²) in [7, 11) is 0. The van der Waals surface area contributed by atoms with Gasteiger partial charge in [0, 0.05) is 29.9 Å². The third-order valence-electron chi connectivity index (χ3n) is 3.45. The Labute approximate surface area is 123 Å². The first-order chi connectivity index (χ1) is 9.24. The van der Waals surface area contributed by atoms with Crippen molar-refractivity contribution in [1.29, 1.82) is 0 Å². The predicted octanol–water partition coefficient (Wildman–Crippen LogP) is 3.40. The average Bonchev–Trinajstić information content (AvgIpc) is 2.42. The molecule has 0 bridgehead atoms. The van der Waals surface area contributed by atoms with Gasteiger partial charge in [-0.3, -0.25) is 9.69 Å². The van der Waals surface area contributed by atoms with E-state index in [-0.39, 0.29) is 0 Å². The number of benzene rings is 1. The van der Waals surface area contributed by atoms with Gasteiger partial charge in [0.15, 0.2) is 0 Å². The number of rotatable bonds is 4. The van der Waals surface area contributed by atoms with Crippen molar-refractivity contribution in [3.05, 3.63) is 46.5 Å². The molecule has 0 spiro atoms. The van der Waals surface area contributed by atoms with Gasteiger partial charge in [0.05, 0.1) is 0 Å². The Kier molecular flexibility index (Phi) is 5.49. The summed E-state index contributed by atoms with van der Waals surface area (Å²) in [6.45, 7) is 2.75. The fraction of sp³-hybridized carbons (Fsp3) is 0.400. The van der Waals surface area contributed by atoms with Crippen molar-refractivity contribution in [2.45, 2.75) is 18.2 Å². The second-order valence-corrected chi connectivity index (χ2v) is 6.14. The fourth-order valence-electron chi connectivity index (χ4n) is 2.44. The third-order valence-corrected chi connectivity index (χ3v) is 4.92. The summed E-state index contributed by atoms with van der Waals surface area (Å²) in [5.41, 5.74) is 2.37. The van der Waals surface area contributed by atoms with Crippen molar-refractivity contribution in [2.24, 2.45) is 0 Å². The number of nitrogens with zero attached hydrogens (tertiary/aromatic N) is 1. The molecule has 102 valence electrons. The van der Waals surface area contributed by atoms with Crippen molar-refractivity contribution in [3.8, 4) is 0 Å². The molecule has 1 aromatic rings. The summed E-state index contributed by atoms with van der Waals surface area (Å²) >= 11 is 8.02. The fourth-order valence-corrected chi connectivity index (χ4v) is 3.44. The van der Waals surface area contributed by atoms with Gasteiger partial charge >= 0.3 is 0 Å². The molecule has 1 unspecified atom stereocenters. The summed E-state index contributed by atoms with van der Waals surface area (Å²) in [6.07, 6.45) is 5.82. The minimum atomic E-state index is 0.479. The van der Waals surface area contributed by atoms with Crippen molar-refractivity contribution in [1.82, 2.24) is 4.90 Å². The first-order valence-electron chi connectivity index (χ1n) is 6.37. The van der Waals surface area contributed by atoms with E-state index >= 15 is 0 Å². The number of piperidine rings is 1. The van der Waals surface area contributed by atoms with Gasteiger partial charge in [0.2, 0.25) is 0 Å². The second-order valence-electron chi connectivity index (χ2n) is 4.69. The molecule has 1 saturated heterocycles. The molecule has 2 nitrogen and oxygen atoms in total. The van der Waals surface area contributed by atoms with Crippen LogP contribution < -0.4 is 0 Å². The van der Waals surface area contributed by atoms with E-state index in [9.17, 15) is 4.79 Å². The van der Waals surface area contributed by atoms with Gasteiger partial charge in [0.25, 0.3) is 0 Å². The Morgan fingerprint density at radius 1 is 1.47 bits per heavy atom. The number of hydrogen-bond acceptors (Lipinski definition) is 3. The second kappa shape index (κ2) is 7.13. The number of carbonyl (C=O) groups excluding carboxylic acids is 1. The smallest absolute Gasteiger partial charge is 0.142 e. The molecule has 0 aromatic heterocycles. The maximum Gasteiger partial charge on any atom is 0.142 e. The summed E-state index contributed by atoms with van der Waals surface area (Å²) in [6, 6.07) is 7.95. The van der Waals surface area contributed by atoms with E-state index in [1.807, 2.05) is 30.0 Å². The highest BCUT2D eigenvalue weighted by molar-refractivity contribution is 7.99. The SMILES string of the molecule is CSC1CCN(Cc2ccccc2Cl)C/C1=C/C=O. The summed E-state index contributed by atoms with van der Waals surface area (Å²) in [5.74, 6) is 0. The zero-order chi connectivity index (χ0) is 13.7. The van der Waals surface area contributed by atoms with E-state index in [0.717, 1.165) is 42.9 Å². The maximum absolute atomic E-state index is 10.7. The van der Waals surface area contributed by atoms with Gasteiger partial charge in [-0.15, -0.1) is 0 Å². The van der Waals surface area contributed by atoms with Crippen LogP contribution in [0.5, 0.6) is 0 Å². The van der Waals surface area contributed by atoms with Gasteiger partial charge in [-0.1, -0.05) is 29.8 Å². The highest BCUT2D eigenvalue weighted by Crippen LogP contribution is 2.27. The van der Waals surface area contributed by atoms with Crippen LogP contribution in [-0.4, -0.2) is 35.8 Å². The number of likely N-dealkylation sites (tertiary alicyclic amines) is 1. The molecule has 0 radical (unpaired) electrons. The Hall–Kier alpha value is -0.770. The molecule has 2 rings (SSSR count). The van der Waals surface area contributed by atoms with Gasteiger partial charge in [-0.25, -0.2) is 0 Å². The summed E-state index contributed by atoms with van der Waals surface area (Å²) in [5, 5.41) is 1.29. The minimum absolute atomic E-state index is 0.479. The average molecular weight is 296 g/mol. The van der Waals surface area contributed by atoms with Crippen LogP contribution in [0.4, 0.5) is 0 Å². The number of allylic oxidation sites excluding steroid dienone is 1. The van der Waals surface area contributed by atoms with E-state index in [4.69, 9.17) is 11.6 Å². The monoisotopic (exact) mass is 295 g/mol.